The van der Waals surface area contributed by atoms with Gasteiger partial charge in [-0.25, -0.2) is 0 Å². The standard InChI is InChI=1S/C12H22N2OS/c15-11-6-8-14(9-7-11)12(16)13-10-4-2-1-3-5-10/h10-11,15H,1-9H2,(H,13,16). The Morgan fingerprint density at radius 1 is 1.06 bits per heavy atom. The van der Waals surface area contributed by atoms with E-state index in [2.05, 4.69) is 10.2 Å². The molecule has 0 amide bonds. The average Bonchev–Trinajstić information content (AvgIpc) is 2.31. The summed E-state index contributed by atoms with van der Waals surface area (Å²) in [7, 11) is 0. The number of likely N-dealkylation sites (tertiary alicyclic amines) is 1. The van der Waals surface area contributed by atoms with E-state index in [1.54, 1.807) is 0 Å². The predicted molar refractivity (Wildman–Crippen MR) is 69.4 cm³/mol. The summed E-state index contributed by atoms with van der Waals surface area (Å²) >= 11 is 5.43. The highest BCUT2D eigenvalue weighted by molar-refractivity contribution is 7.80. The van der Waals surface area contributed by atoms with Crippen molar-refractivity contribution in [3.63, 3.8) is 0 Å². The van der Waals surface area contributed by atoms with E-state index in [4.69, 9.17) is 12.2 Å². The van der Waals surface area contributed by atoms with Crippen molar-refractivity contribution in [2.75, 3.05) is 13.1 Å². The maximum Gasteiger partial charge on any atom is 0.169 e. The van der Waals surface area contributed by atoms with Gasteiger partial charge < -0.3 is 15.3 Å². The van der Waals surface area contributed by atoms with Crippen LogP contribution < -0.4 is 5.32 Å². The molecule has 1 saturated carbocycles. The van der Waals surface area contributed by atoms with Gasteiger partial charge in [0.15, 0.2) is 5.11 Å². The Bertz CT molecular complexity index is 233. The number of piperidine rings is 1. The molecule has 0 radical (unpaired) electrons. The van der Waals surface area contributed by atoms with Crippen molar-refractivity contribution in [1.29, 1.82) is 0 Å². The summed E-state index contributed by atoms with van der Waals surface area (Å²) in [6.07, 6.45) is 8.15. The van der Waals surface area contributed by atoms with Gasteiger partial charge in [-0.05, 0) is 37.9 Å². The Balaban J connectivity index is 1.74. The molecule has 1 aliphatic heterocycles. The third kappa shape index (κ3) is 3.32. The van der Waals surface area contributed by atoms with Crippen LogP contribution in [0.2, 0.25) is 0 Å². The summed E-state index contributed by atoms with van der Waals surface area (Å²) in [5, 5.41) is 13.8. The van der Waals surface area contributed by atoms with Crippen LogP contribution in [0.1, 0.15) is 44.9 Å². The van der Waals surface area contributed by atoms with Gasteiger partial charge in [0.2, 0.25) is 0 Å². The van der Waals surface area contributed by atoms with Crippen LogP contribution in [-0.4, -0.2) is 40.4 Å². The number of aliphatic hydroxyl groups is 1. The topological polar surface area (TPSA) is 35.5 Å². The summed E-state index contributed by atoms with van der Waals surface area (Å²) in [5.41, 5.74) is 0. The SMILES string of the molecule is OC1CCN(C(=S)NC2CCCCC2)CC1. The van der Waals surface area contributed by atoms with Gasteiger partial charge in [0.05, 0.1) is 6.10 Å². The largest absolute Gasteiger partial charge is 0.393 e. The first-order valence-electron chi connectivity index (χ1n) is 6.49. The molecule has 16 heavy (non-hydrogen) atoms. The first kappa shape index (κ1) is 12.1. The van der Waals surface area contributed by atoms with E-state index in [0.717, 1.165) is 31.0 Å². The monoisotopic (exact) mass is 242 g/mol. The lowest BCUT2D eigenvalue weighted by Gasteiger charge is -2.34. The number of nitrogens with zero attached hydrogens (tertiary/aromatic N) is 1. The second-order valence-electron chi connectivity index (χ2n) is 5.00. The summed E-state index contributed by atoms with van der Waals surface area (Å²) in [6.45, 7) is 1.81. The van der Waals surface area contributed by atoms with Crippen molar-refractivity contribution < 1.29 is 5.11 Å². The smallest absolute Gasteiger partial charge is 0.169 e. The third-order valence-corrected chi connectivity index (χ3v) is 4.06. The predicted octanol–water partition coefficient (Wildman–Crippen LogP) is 1.65. The molecule has 92 valence electrons. The molecule has 2 rings (SSSR count). The van der Waals surface area contributed by atoms with E-state index in [-0.39, 0.29) is 6.10 Å². The van der Waals surface area contributed by atoms with Crippen molar-refractivity contribution >= 4 is 17.3 Å². The van der Waals surface area contributed by atoms with Crippen LogP contribution in [0.25, 0.3) is 0 Å². The molecular weight excluding hydrogens is 220 g/mol. The molecule has 1 heterocycles. The second-order valence-corrected chi connectivity index (χ2v) is 5.39. The molecule has 1 saturated heterocycles. The Morgan fingerprint density at radius 2 is 1.69 bits per heavy atom. The highest BCUT2D eigenvalue weighted by Crippen LogP contribution is 2.18. The lowest BCUT2D eigenvalue weighted by Crippen LogP contribution is -2.48. The Hall–Kier alpha value is -0.350. The fraction of sp³-hybridized carbons (Fsp3) is 0.917. The normalized spacial score (nSPS) is 24.4. The molecule has 2 aliphatic rings. The average molecular weight is 242 g/mol. The fourth-order valence-corrected chi connectivity index (χ4v) is 2.93. The van der Waals surface area contributed by atoms with Gasteiger partial charge in [-0.2, -0.15) is 0 Å². The van der Waals surface area contributed by atoms with Crippen molar-refractivity contribution in [1.82, 2.24) is 10.2 Å². The maximum absolute atomic E-state index is 9.44. The van der Waals surface area contributed by atoms with E-state index in [1.165, 1.54) is 32.1 Å². The van der Waals surface area contributed by atoms with Crippen LogP contribution in [0, 0.1) is 0 Å². The van der Waals surface area contributed by atoms with Crippen LogP contribution in [0.4, 0.5) is 0 Å². The summed E-state index contributed by atoms with van der Waals surface area (Å²) < 4.78 is 0. The highest BCUT2D eigenvalue weighted by Gasteiger charge is 2.21. The first-order chi connectivity index (χ1) is 7.75. The Morgan fingerprint density at radius 3 is 2.31 bits per heavy atom. The number of rotatable bonds is 1. The minimum Gasteiger partial charge on any atom is -0.393 e. The molecule has 4 heteroatoms. The van der Waals surface area contributed by atoms with Crippen LogP contribution in [0.5, 0.6) is 0 Å². The van der Waals surface area contributed by atoms with Gasteiger partial charge in [0.1, 0.15) is 0 Å². The molecule has 0 aromatic carbocycles. The molecule has 0 aromatic heterocycles. The summed E-state index contributed by atoms with van der Waals surface area (Å²) in [6, 6.07) is 0.591. The lowest BCUT2D eigenvalue weighted by atomic mass is 9.96. The zero-order chi connectivity index (χ0) is 11.4. The quantitative estimate of drug-likeness (QED) is 0.685. The van der Waals surface area contributed by atoms with E-state index in [9.17, 15) is 5.11 Å². The van der Waals surface area contributed by atoms with E-state index in [0.29, 0.717) is 6.04 Å². The molecule has 2 fully saturated rings. The van der Waals surface area contributed by atoms with E-state index >= 15 is 0 Å². The summed E-state index contributed by atoms with van der Waals surface area (Å²) in [4.78, 5) is 2.21. The number of nitrogens with one attached hydrogen (secondary N) is 1. The summed E-state index contributed by atoms with van der Waals surface area (Å²) in [5.74, 6) is 0. The van der Waals surface area contributed by atoms with Crippen LogP contribution >= 0.6 is 12.2 Å². The van der Waals surface area contributed by atoms with E-state index in [1.807, 2.05) is 0 Å². The molecule has 0 aromatic rings. The van der Waals surface area contributed by atoms with Gasteiger partial charge in [-0.1, -0.05) is 19.3 Å². The van der Waals surface area contributed by atoms with Crippen LogP contribution in [0.15, 0.2) is 0 Å². The second kappa shape index (κ2) is 5.82. The molecular formula is C12H22N2OS. The lowest BCUT2D eigenvalue weighted by molar-refractivity contribution is 0.108. The van der Waals surface area contributed by atoms with Gasteiger partial charge in [-0.3, -0.25) is 0 Å². The minimum atomic E-state index is -0.117. The van der Waals surface area contributed by atoms with Gasteiger partial charge in [0.25, 0.3) is 0 Å². The molecule has 3 nitrogen and oxygen atoms in total. The third-order valence-electron chi connectivity index (χ3n) is 3.68. The molecule has 0 atom stereocenters. The number of thiocarbonyl (C=S) groups is 1. The zero-order valence-corrected chi connectivity index (χ0v) is 10.6. The zero-order valence-electron chi connectivity index (χ0n) is 9.82. The van der Waals surface area contributed by atoms with E-state index < -0.39 is 0 Å². The van der Waals surface area contributed by atoms with Crippen molar-refractivity contribution in [2.24, 2.45) is 0 Å². The van der Waals surface area contributed by atoms with Crippen molar-refractivity contribution in [2.45, 2.75) is 57.1 Å². The Kier molecular flexibility index (Phi) is 4.41. The molecule has 0 bridgehead atoms. The van der Waals surface area contributed by atoms with Gasteiger partial charge in [-0.15, -0.1) is 0 Å². The number of hydrogen-bond acceptors (Lipinski definition) is 2. The molecule has 0 spiro atoms. The van der Waals surface area contributed by atoms with Crippen molar-refractivity contribution in [3.8, 4) is 0 Å². The highest BCUT2D eigenvalue weighted by atomic mass is 32.1. The number of hydrogen-bond donors (Lipinski definition) is 2. The van der Waals surface area contributed by atoms with Gasteiger partial charge >= 0.3 is 0 Å². The van der Waals surface area contributed by atoms with Crippen LogP contribution in [0.3, 0.4) is 0 Å². The Labute approximate surface area is 103 Å². The minimum absolute atomic E-state index is 0.117. The number of aliphatic hydroxyl groups excluding tert-OH is 1. The van der Waals surface area contributed by atoms with Crippen molar-refractivity contribution in [3.05, 3.63) is 0 Å². The van der Waals surface area contributed by atoms with Gasteiger partial charge in [0, 0.05) is 19.1 Å². The molecule has 2 N–H and O–H groups in total. The molecule has 1 aliphatic carbocycles. The van der Waals surface area contributed by atoms with Crippen LogP contribution in [-0.2, 0) is 0 Å². The first-order valence-corrected chi connectivity index (χ1v) is 6.90. The fourth-order valence-electron chi connectivity index (χ4n) is 2.58. The molecule has 0 unspecified atom stereocenters. The maximum atomic E-state index is 9.44.